The number of benzene rings is 2. The van der Waals surface area contributed by atoms with Gasteiger partial charge in [-0.25, -0.2) is 4.79 Å². The molecule has 1 heterocycles. The van der Waals surface area contributed by atoms with E-state index < -0.39 is 22.9 Å². The summed E-state index contributed by atoms with van der Waals surface area (Å²) in [5.74, 6) is -0.463. The van der Waals surface area contributed by atoms with Crippen molar-refractivity contribution in [3.63, 3.8) is 0 Å². The molecule has 1 aromatic heterocycles. The SMILES string of the molecule is Cc1ccccc1NC(=O)C(c1ccsc1)N(S)C(=O)Nc1ccccc1[N+](=O)[O-]. The Hall–Kier alpha value is -3.37. The molecule has 154 valence electrons. The Balaban J connectivity index is 1.85. The molecular weight excluding hydrogens is 424 g/mol. The maximum Gasteiger partial charge on any atom is 0.332 e. The van der Waals surface area contributed by atoms with Crippen LogP contribution in [0.5, 0.6) is 0 Å². The van der Waals surface area contributed by atoms with Gasteiger partial charge in [0.1, 0.15) is 11.7 Å². The molecule has 3 aromatic rings. The summed E-state index contributed by atoms with van der Waals surface area (Å²) in [5, 5.41) is 20.0. The largest absolute Gasteiger partial charge is 0.332 e. The number of hydrogen-bond donors (Lipinski definition) is 3. The van der Waals surface area contributed by atoms with Gasteiger partial charge >= 0.3 is 6.03 Å². The molecule has 1 unspecified atom stereocenters. The number of nitro groups is 1. The number of thiophene rings is 1. The fourth-order valence-electron chi connectivity index (χ4n) is 2.78. The minimum absolute atomic E-state index is 0.00920. The van der Waals surface area contributed by atoms with Gasteiger partial charge in [-0.15, -0.1) is 0 Å². The lowest BCUT2D eigenvalue weighted by Crippen LogP contribution is -2.37. The molecule has 30 heavy (non-hydrogen) atoms. The van der Waals surface area contributed by atoms with E-state index in [1.807, 2.05) is 19.1 Å². The molecule has 8 nitrogen and oxygen atoms in total. The van der Waals surface area contributed by atoms with Crippen molar-refractivity contribution in [3.05, 3.63) is 86.6 Å². The van der Waals surface area contributed by atoms with Gasteiger partial charge in [0.25, 0.3) is 11.6 Å². The molecule has 0 saturated heterocycles. The molecule has 0 aliphatic carbocycles. The third-order valence-corrected chi connectivity index (χ3v) is 5.42. The normalized spacial score (nSPS) is 11.4. The van der Waals surface area contributed by atoms with Gasteiger partial charge < -0.3 is 10.6 Å². The summed E-state index contributed by atoms with van der Waals surface area (Å²) < 4.78 is 0.923. The number of nitro benzene ring substituents is 1. The molecule has 2 N–H and O–H groups in total. The minimum Gasteiger partial charge on any atom is -0.324 e. The maximum absolute atomic E-state index is 13.1. The molecule has 3 amide bonds. The summed E-state index contributed by atoms with van der Waals surface area (Å²) >= 11 is 5.62. The number of urea groups is 1. The predicted molar refractivity (Wildman–Crippen MR) is 120 cm³/mol. The number of thiol groups is 1. The van der Waals surface area contributed by atoms with E-state index in [-0.39, 0.29) is 11.4 Å². The molecule has 1 atom stereocenters. The zero-order valence-electron chi connectivity index (χ0n) is 15.8. The van der Waals surface area contributed by atoms with Crippen LogP contribution in [-0.4, -0.2) is 21.2 Å². The van der Waals surface area contributed by atoms with E-state index in [2.05, 4.69) is 23.4 Å². The Morgan fingerprint density at radius 3 is 2.37 bits per heavy atom. The number of nitrogens with zero attached hydrogens (tertiary/aromatic N) is 2. The van der Waals surface area contributed by atoms with Crippen LogP contribution in [0.4, 0.5) is 21.9 Å². The molecule has 0 bridgehead atoms. The van der Waals surface area contributed by atoms with Gasteiger partial charge in [0, 0.05) is 11.8 Å². The zero-order valence-corrected chi connectivity index (χ0v) is 17.5. The number of para-hydroxylation sites is 3. The highest BCUT2D eigenvalue weighted by Gasteiger charge is 2.31. The predicted octanol–water partition coefficient (Wildman–Crippen LogP) is 5.02. The van der Waals surface area contributed by atoms with E-state index in [0.29, 0.717) is 11.3 Å². The molecular formula is C20H18N4O4S2. The summed E-state index contributed by atoms with van der Waals surface area (Å²) in [5.41, 5.74) is 1.80. The van der Waals surface area contributed by atoms with Crippen LogP contribution >= 0.6 is 24.2 Å². The van der Waals surface area contributed by atoms with Crippen LogP contribution in [0.3, 0.4) is 0 Å². The first-order valence-electron chi connectivity index (χ1n) is 8.79. The van der Waals surface area contributed by atoms with E-state index in [1.165, 1.54) is 29.5 Å². The van der Waals surface area contributed by atoms with E-state index >= 15 is 0 Å². The molecule has 3 rings (SSSR count). The van der Waals surface area contributed by atoms with Gasteiger partial charge in [-0.1, -0.05) is 43.1 Å². The number of carbonyl (C=O) groups excluding carboxylic acids is 2. The second kappa shape index (κ2) is 9.42. The first-order chi connectivity index (χ1) is 14.4. The lowest BCUT2D eigenvalue weighted by atomic mass is 10.1. The summed E-state index contributed by atoms with van der Waals surface area (Å²) in [6.45, 7) is 1.86. The number of nitrogens with one attached hydrogen (secondary N) is 2. The first-order valence-corrected chi connectivity index (χ1v) is 10.1. The Kier molecular flexibility index (Phi) is 6.70. The van der Waals surface area contributed by atoms with E-state index in [4.69, 9.17) is 0 Å². The first kappa shape index (κ1) is 21.3. The Labute approximate surface area is 182 Å². The Morgan fingerprint density at radius 2 is 1.73 bits per heavy atom. The summed E-state index contributed by atoms with van der Waals surface area (Å²) in [4.78, 5) is 36.4. The zero-order chi connectivity index (χ0) is 21.7. The highest BCUT2D eigenvalue weighted by atomic mass is 32.1. The molecule has 0 saturated carbocycles. The van der Waals surface area contributed by atoms with Gasteiger partial charge in [-0.2, -0.15) is 11.3 Å². The van der Waals surface area contributed by atoms with Crippen molar-refractivity contribution in [2.24, 2.45) is 0 Å². The molecule has 0 fully saturated rings. The molecule has 0 aliphatic heterocycles. The lowest BCUT2D eigenvalue weighted by molar-refractivity contribution is -0.383. The maximum atomic E-state index is 13.1. The highest BCUT2D eigenvalue weighted by Crippen LogP contribution is 2.29. The highest BCUT2D eigenvalue weighted by molar-refractivity contribution is 7.78. The number of hydrogen-bond acceptors (Lipinski definition) is 6. The smallest absolute Gasteiger partial charge is 0.324 e. The second-order valence-electron chi connectivity index (χ2n) is 6.31. The molecule has 10 heteroatoms. The van der Waals surface area contributed by atoms with Crippen LogP contribution in [0.1, 0.15) is 17.2 Å². The number of aryl methyl sites for hydroxylation is 1. The van der Waals surface area contributed by atoms with Crippen molar-refractivity contribution in [2.75, 3.05) is 10.6 Å². The van der Waals surface area contributed by atoms with Crippen LogP contribution < -0.4 is 10.6 Å². The quantitative estimate of drug-likeness (QED) is 0.283. The lowest BCUT2D eigenvalue weighted by Gasteiger charge is -2.26. The van der Waals surface area contributed by atoms with E-state index in [1.54, 1.807) is 35.0 Å². The summed E-state index contributed by atoms with van der Waals surface area (Å²) in [7, 11) is 0. The summed E-state index contributed by atoms with van der Waals surface area (Å²) in [6, 6.07) is 12.9. The van der Waals surface area contributed by atoms with Crippen LogP contribution in [0.25, 0.3) is 0 Å². The number of rotatable bonds is 6. The Morgan fingerprint density at radius 1 is 1.07 bits per heavy atom. The molecule has 0 aliphatic rings. The summed E-state index contributed by atoms with van der Waals surface area (Å²) in [6.07, 6.45) is 0. The van der Waals surface area contributed by atoms with Crippen molar-refractivity contribution < 1.29 is 14.5 Å². The third kappa shape index (κ3) is 4.78. The van der Waals surface area contributed by atoms with Crippen LogP contribution in [-0.2, 0) is 4.79 Å². The Bertz CT molecular complexity index is 1070. The van der Waals surface area contributed by atoms with Crippen LogP contribution in [0.15, 0.2) is 65.4 Å². The van der Waals surface area contributed by atoms with Gasteiger partial charge in [-0.05, 0) is 47.0 Å². The van der Waals surface area contributed by atoms with Gasteiger partial charge in [0.15, 0.2) is 0 Å². The van der Waals surface area contributed by atoms with Crippen molar-refractivity contribution in [3.8, 4) is 0 Å². The molecule has 2 aromatic carbocycles. The van der Waals surface area contributed by atoms with Gasteiger partial charge in [-0.3, -0.25) is 19.2 Å². The monoisotopic (exact) mass is 442 g/mol. The fourth-order valence-corrected chi connectivity index (χ4v) is 3.74. The molecule has 0 radical (unpaired) electrons. The van der Waals surface area contributed by atoms with Crippen LogP contribution in [0, 0.1) is 17.0 Å². The van der Waals surface area contributed by atoms with Crippen molar-refractivity contribution in [1.82, 2.24) is 4.31 Å². The number of carbonyl (C=O) groups is 2. The van der Waals surface area contributed by atoms with Crippen molar-refractivity contribution >= 4 is 53.2 Å². The standard InChI is InChI=1S/C20H18N4O4S2/c1-13-6-2-3-7-15(13)21-19(25)18(14-10-11-30-12-14)23(29)20(26)22-16-8-4-5-9-17(16)24(27)28/h2-12,18,29H,1H3,(H,21,25)(H,22,26). The van der Waals surface area contributed by atoms with Crippen molar-refractivity contribution in [1.29, 1.82) is 0 Å². The van der Waals surface area contributed by atoms with Gasteiger partial charge in [0.05, 0.1) is 4.92 Å². The fraction of sp³-hybridized carbons (Fsp3) is 0.100. The minimum atomic E-state index is -1.05. The molecule has 0 spiro atoms. The third-order valence-electron chi connectivity index (χ3n) is 4.31. The van der Waals surface area contributed by atoms with E-state index in [0.717, 1.165) is 9.87 Å². The average molecular weight is 443 g/mol. The average Bonchev–Trinajstić information content (AvgIpc) is 3.24. The van der Waals surface area contributed by atoms with Crippen molar-refractivity contribution in [2.45, 2.75) is 13.0 Å². The number of anilines is 2. The van der Waals surface area contributed by atoms with Crippen LogP contribution in [0.2, 0.25) is 0 Å². The van der Waals surface area contributed by atoms with E-state index in [9.17, 15) is 19.7 Å². The number of amides is 3. The second-order valence-corrected chi connectivity index (χ2v) is 7.52. The topological polar surface area (TPSA) is 105 Å². The van der Waals surface area contributed by atoms with Gasteiger partial charge in [0.2, 0.25) is 0 Å².